The van der Waals surface area contributed by atoms with E-state index in [2.05, 4.69) is 0 Å². The molecule has 0 aliphatic carbocycles. The fourth-order valence-electron chi connectivity index (χ4n) is 1.29. The summed E-state index contributed by atoms with van der Waals surface area (Å²) in [7, 11) is 0. The Bertz CT molecular complexity index is 547. The van der Waals surface area contributed by atoms with E-state index >= 15 is 0 Å². The van der Waals surface area contributed by atoms with Crippen LogP contribution in [-0.2, 0) is 4.74 Å². The summed E-state index contributed by atoms with van der Waals surface area (Å²) in [5, 5.41) is 21.4. The van der Waals surface area contributed by atoms with Gasteiger partial charge >= 0.3 is 17.3 Å². The third kappa shape index (κ3) is 3.73. The summed E-state index contributed by atoms with van der Waals surface area (Å²) in [5.41, 5.74) is -2.27. The minimum atomic E-state index is -0.911. The number of nitrogens with zero attached hydrogens (tertiary/aromatic N) is 2. The summed E-state index contributed by atoms with van der Waals surface area (Å²) in [6.45, 7) is 4.93. The number of carbonyl (C=O) groups excluding carboxylic acids is 1. The van der Waals surface area contributed by atoms with E-state index in [-0.39, 0.29) is 5.56 Å². The number of hydrogen-bond acceptors (Lipinski definition) is 6. The second-order valence-corrected chi connectivity index (χ2v) is 4.72. The van der Waals surface area contributed by atoms with Gasteiger partial charge in [0.15, 0.2) is 0 Å². The molecule has 0 spiro atoms. The lowest BCUT2D eigenvalue weighted by molar-refractivity contribution is -0.422. The molecule has 0 bridgehead atoms. The molecule has 0 N–H and O–H groups in total. The van der Waals surface area contributed by atoms with Crippen molar-refractivity contribution in [2.24, 2.45) is 0 Å². The molecule has 1 aromatic rings. The molecule has 0 aliphatic heterocycles. The molecule has 1 rings (SSSR count). The predicted octanol–water partition coefficient (Wildman–Crippen LogP) is 2.46. The van der Waals surface area contributed by atoms with Gasteiger partial charge in [-0.15, -0.1) is 0 Å². The van der Waals surface area contributed by atoms with Crippen LogP contribution in [0.3, 0.4) is 0 Å². The van der Waals surface area contributed by atoms with E-state index in [4.69, 9.17) is 4.74 Å². The topological polar surface area (TPSA) is 113 Å². The van der Waals surface area contributed by atoms with Gasteiger partial charge in [0.05, 0.1) is 15.4 Å². The zero-order valence-corrected chi connectivity index (χ0v) is 10.6. The number of rotatable bonds is 3. The van der Waals surface area contributed by atoms with Gasteiger partial charge in [-0.1, -0.05) is 0 Å². The van der Waals surface area contributed by atoms with Gasteiger partial charge in [0.25, 0.3) is 0 Å². The Kier molecular flexibility index (Phi) is 3.83. The van der Waals surface area contributed by atoms with Gasteiger partial charge in [0.1, 0.15) is 5.60 Å². The van der Waals surface area contributed by atoms with Gasteiger partial charge in [-0.3, -0.25) is 20.2 Å². The molecule has 8 nitrogen and oxygen atoms in total. The van der Waals surface area contributed by atoms with Crippen LogP contribution in [0.4, 0.5) is 11.4 Å². The molecule has 8 heteroatoms. The zero-order valence-electron chi connectivity index (χ0n) is 10.6. The summed E-state index contributed by atoms with van der Waals surface area (Å²) < 4.78 is 5.03. The van der Waals surface area contributed by atoms with Crippen LogP contribution in [-0.4, -0.2) is 21.4 Å². The summed E-state index contributed by atoms with van der Waals surface area (Å²) in [5.74, 6) is -0.773. The van der Waals surface area contributed by atoms with E-state index in [1.165, 1.54) is 0 Å². The molecule has 102 valence electrons. The average molecular weight is 268 g/mol. The molecular formula is C11H12N2O6. The minimum Gasteiger partial charge on any atom is -0.456 e. The van der Waals surface area contributed by atoms with Crippen LogP contribution in [0.2, 0.25) is 0 Å². The second kappa shape index (κ2) is 5.01. The quantitative estimate of drug-likeness (QED) is 0.472. The predicted molar refractivity (Wildman–Crippen MR) is 64.9 cm³/mol. The Morgan fingerprint density at radius 3 is 2.05 bits per heavy atom. The van der Waals surface area contributed by atoms with Gasteiger partial charge < -0.3 is 4.74 Å². The lowest BCUT2D eigenvalue weighted by atomic mass is 10.1. The highest BCUT2D eigenvalue weighted by atomic mass is 16.6. The lowest BCUT2D eigenvalue weighted by Gasteiger charge is -2.19. The van der Waals surface area contributed by atoms with Crippen LogP contribution < -0.4 is 0 Å². The van der Waals surface area contributed by atoms with Crippen LogP contribution in [0.5, 0.6) is 0 Å². The molecule has 19 heavy (non-hydrogen) atoms. The smallest absolute Gasteiger partial charge is 0.346 e. The highest BCUT2D eigenvalue weighted by molar-refractivity contribution is 5.91. The number of hydrogen-bond donors (Lipinski definition) is 0. The molecule has 0 fully saturated rings. The highest BCUT2D eigenvalue weighted by Gasteiger charge is 2.27. The first kappa shape index (κ1) is 14.6. The molecule has 0 aliphatic rings. The molecule has 0 unspecified atom stereocenters. The first-order valence-electron chi connectivity index (χ1n) is 5.28. The lowest BCUT2D eigenvalue weighted by Crippen LogP contribution is -2.23. The summed E-state index contributed by atoms with van der Waals surface area (Å²) in [6.07, 6.45) is 0. The maximum absolute atomic E-state index is 11.7. The molecule has 0 radical (unpaired) electrons. The fourth-order valence-corrected chi connectivity index (χ4v) is 1.29. The summed E-state index contributed by atoms with van der Waals surface area (Å²) in [6, 6.07) is 2.88. The second-order valence-electron chi connectivity index (χ2n) is 4.72. The number of ether oxygens (including phenoxy) is 1. The molecule has 0 atom stereocenters. The van der Waals surface area contributed by atoms with E-state index in [1.54, 1.807) is 20.8 Å². The van der Waals surface area contributed by atoms with Crippen molar-refractivity contribution in [3.05, 3.63) is 44.0 Å². The SMILES string of the molecule is CC(C)(C)OC(=O)c1ccc([N+](=O)[O-])c([N+](=O)[O-])c1. The molecule has 1 aromatic carbocycles. The van der Waals surface area contributed by atoms with Crippen LogP contribution in [0.1, 0.15) is 31.1 Å². The van der Waals surface area contributed by atoms with Crippen LogP contribution in [0.25, 0.3) is 0 Å². The van der Waals surface area contributed by atoms with Gasteiger partial charge in [0, 0.05) is 12.1 Å². The van der Waals surface area contributed by atoms with Crippen molar-refractivity contribution in [1.82, 2.24) is 0 Å². The Balaban J connectivity index is 3.19. The normalized spacial score (nSPS) is 10.9. The average Bonchev–Trinajstić information content (AvgIpc) is 2.25. The molecule has 0 heterocycles. The monoisotopic (exact) mass is 268 g/mol. The Morgan fingerprint density at radius 1 is 1.11 bits per heavy atom. The Labute approximate surface area is 108 Å². The molecule has 0 amide bonds. The van der Waals surface area contributed by atoms with Gasteiger partial charge in [-0.05, 0) is 26.8 Å². The third-order valence-corrected chi connectivity index (χ3v) is 2.00. The van der Waals surface area contributed by atoms with E-state index in [9.17, 15) is 25.0 Å². The van der Waals surface area contributed by atoms with Crippen LogP contribution in [0.15, 0.2) is 18.2 Å². The van der Waals surface area contributed by atoms with E-state index in [1.807, 2.05) is 0 Å². The van der Waals surface area contributed by atoms with E-state index in [0.29, 0.717) is 0 Å². The Morgan fingerprint density at radius 2 is 1.63 bits per heavy atom. The number of benzene rings is 1. The molecular weight excluding hydrogens is 256 g/mol. The van der Waals surface area contributed by atoms with Crippen LogP contribution >= 0.6 is 0 Å². The van der Waals surface area contributed by atoms with E-state index in [0.717, 1.165) is 18.2 Å². The van der Waals surface area contributed by atoms with Crippen molar-refractivity contribution in [3.8, 4) is 0 Å². The van der Waals surface area contributed by atoms with E-state index < -0.39 is 32.8 Å². The number of esters is 1. The van der Waals surface area contributed by atoms with Crippen LogP contribution in [0, 0.1) is 20.2 Å². The maximum Gasteiger partial charge on any atom is 0.346 e. The Hall–Kier alpha value is -2.51. The van der Waals surface area contributed by atoms with Crippen molar-refractivity contribution in [2.75, 3.05) is 0 Å². The minimum absolute atomic E-state index is 0.104. The first-order valence-corrected chi connectivity index (χ1v) is 5.28. The molecule has 0 saturated heterocycles. The van der Waals surface area contributed by atoms with Crippen molar-refractivity contribution >= 4 is 17.3 Å². The molecule has 0 aromatic heterocycles. The first-order chi connectivity index (χ1) is 8.61. The fraction of sp³-hybridized carbons (Fsp3) is 0.364. The number of nitro groups is 2. The van der Waals surface area contributed by atoms with Crippen molar-refractivity contribution in [3.63, 3.8) is 0 Å². The van der Waals surface area contributed by atoms with Gasteiger partial charge in [-0.2, -0.15) is 0 Å². The van der Waals surface area contributed by atoms with Gasteiger partial charge in [0.2, 0.25) is 0 Å². The number of nitro benzene ring substituents is 2. The van der Waals surface area contributed by atoms with Gasteiger partial charge in [-0.25, -0.2) is 4.79 Å². The maximum atomic E-state index is 11.7. The number of carbonyl (C=O) groups is 1. The standard InChI is InChI=1S/C11H12N2O6/c1-11(2,3)19-10(14)7-4-5-8(12(15)16)9(6-7)13(17)18/h4-6H,1-3H3. The molecule has 0 saturated carbocycles. The van der Waals surface area contributed by atoms with Crippen molar-refractivity contribution in [2.45, 2.75) is 26.4 Å². The summed E-state index contributed by atoms with van der Waals surface area (Å²) >= 11 is 0. The van der Waals surface area contributed by atoms with Crippen molar-refractivity contribution in [1.29, 1.82) is 0 Å². The zero-order chi connectivity index (χ0) is 14.8. The summed E-state index contributed by atoms with van der Waals surface area (Å²) in [4.78, 5) is 31.3. The largest absolute Gasteiger partial charge is 0.456 e. The van der Waals surface area contributed by atoms with Crippen molar-refractivity contribution < 1.29 is 19.4 Å². The highest BCUT2D eigenvalue weighted by Crippen LogP contribution is 2.28. The third-order valence-electron chi connectivity index (χ3n) is 2.00.